The summed E-state index contributed by atoms with van der Waals surface area (Å²) in [6, 6.07) is 7.92. The third kappa shape index (κ3) is 1.99. The van der Waals surface area contributed by atoms with Crippen molar-refractivity contribution in [2.75, 3.05) is 13.2 Å². The molecule has 0 N–H and O–H groups in total. The maximum Gasteiger partial charge on any atom is 0.152 e. The van der Waals surface area contributed by atoms with Gasteiger partial charge in [-0.25, -0.2) is 0 Å². The van der Waals surface area contributed by atoms with E-state index in [9.17, 15) is 4.79 Å². The molecule has 0 saturated carbocycles. The number of para-hydroxylation sites is 1. The fraction of sp³-hybridized carbons (Fsp3) is 0.308. The predicted molar refractivity (Wildman–Crippen MR) is 63.8 cm³/mol. The van der Waals surface area contributed by atoms with Gasteiger partial charge < -0.3 is 9.30 Å². The summed E-state index contributed by atoms with van der Waals surface area (Å²) in [5.74, 6) is 0. The number of hydrogen-bond donors (Lipinski definition) is 0. The fourth-order valence-electron chi connectivity index (χ4n) is 1.86. The Hall–Kier alpha value is -1.61. The van der Waals surface area contributed by atoms with Gasteiger partial charge in [0.25, 0.3) is 0 Å². The van der Waals surface area contributed by atoms with E-state index in [1.807, 2.05) is 37.4 Å². The molecule has 3 heteroatoms. The van der Waals surface area contributed by atoms with Crippen molar-refractivity contribution in [3.8, 4) is 0 Å². The summed E-state index contributed by atoms with van der Waals surface area (Å²) in [7, 11) is 0. The molecule has 1 heterocycles. The number of aldehydes is 1. The topological polar surface area (TPSA) is 31.2 Å². The molecule has 0 spiro atoms. The fourth-order valence-corrected chi connectivity index (χ4v) is 1.86. The minimum atomic E-state index is 0.674. The molecule has 0 unspecified atom stereocenters. The lowest BCUT2D eigenvalue weighted by molar-refractivity contribution is 0.112. The minimum Gasteiger partial charge on any atom is -0.380 e. The molecule has 0 saturated heterocycles. The number of carbonyl (C=O) groups excluding carboxylic acids is 1. The average molecular weight is 217 g/mol. The predicted octanol–water partition coefficient (Wildman–Crippen LogP) is 2.49. The third-order valence-corrected chi connectivity index (χ3v) is 2.63. The molecule has 1 aromatic heterocycles. The van der Waals surface area contributed by atoms with Crippen LogP contribution in [0, 0.1) is 0 Å². The molecule has 0 atom stereocenters. The second-order valence-electron chi connectivity index (χ2n) is 3.61. The van der Waals surface area contributed by atoms with Crippen LogP contribution in [0.5, 0.6) is 0 Å². The Morgan fingerprint density at radius 3 is 2.94 bits per heavy atom. The van der Waals surface area contributed by atoms with Crippen molar-refractivity contribution in [2.45, 2.75) is 13.5 Å². The molecule has 0 radical (unpaired) electrons. The molecule has 2 aromatic rings. The van der Waals surface area contributed by atoms with Crippen molar-refractivity contribution in [1.82, 2.24) is 4.57 Å². The maximum absolute atomic E-state index is 10.9. The second-order valence-corrected chi connectivity index (χ2v) is 3.61. The first-order valence-corrected chi connectivity index (χ1v) is 5.47. The van der Waals surface area contributed by atoms with E-state index in [2.05, 4.69) is 4.57 Å². The minimum absolute atomic E-state index is 0.674. The van der Waals surface area contributed by atoms with E-state index in [1.165, 1.54) is 0 Å². The number of fused-ring (bicyclic) bond motifs is 1. The van der Waals surface area contributed by atoms with Crippen LogP contribution in [0.25, 0.3) is 10.9 Å². The molecule has 0 bridgehead atoms. The van der Waals surface area contributed by atoms with E-state index in [4.69, 9.17) is 4.74 Å². The van der Waals surface area contributed by atoms with Crippen LogP contribution >= 0.6 is 0 Å². The zero-order valence-corrected chi connectivity index (χ0v) is 9.35. The van der Waals surface area contributed by atoms with Gasteiger partial charge in [0.1, 0.15) is 0 Å². The van der Waals surface area contributed by atoms with E-state index in [1.54, 1.807) is 0 Å². The number of hydrogen-bond acceptors (Lipinski definition) is 2. The molecule has 0 aliphatic heterocycles. The van der Waals surface area contributed by atoms with Gasteiger partial charge >= 0.3 is 0 Å². The van der Waals surface area contributed by atoms with Gasteiger partial charge in [0.05, 0.1) is 6.61 Å². The van der Waals surface area contributed by atoms with Crippen molar-refractivity contribution < 1.29 is 9.53 Å². The normalized spacial score (nSPS) is 10.8. The number of ether oxygens (including phenoxy) is 1. The van der Waals surface area contributed by atoms with Crippen LogP contribution in [0.2, 0.25) is 0 Å². The van der Waals surface area contributed by atoms with Gasteiger partial charge in [0, 0.05) is 35.8 Å². The smallest absolute Gasteiger partial charge is 0.152 e. The quantitative estimate of drug-likeness (QED) is 0.569. The Morgan fingerprint density at radius 1 is 1.38 bits per heavy atom. The van der Waals surface area contributed by atoms with Gasteiger partial charge in [0.2, 0.25) is 0 Å². The first-order chi connectivity index (χ1) is 7.86. The Morgan fingerprint density at radius 2 is 2.19 bits per heavy atom. The highest BCUT2D eigenvalue weighted by Crippen LogP contribution is 2.19. The summed E-state index contributed by atoms with van der Waals surface area (Å²) < 4.78 is 7.38. The summed E-state index contributed by atoms with van der Waals surface area (Å²) in [6.45, 7) is 4.15. The highest BCUT2D eigenvalue weighted by molar-refractivity contribution is 5.97. The highest BCUT2D eigenvalue weighted by atomic mass is 16.5. The largest absolute Gasteiger partial charge is 0.380 e. The van der Waals surface area contributed by atoms with Gasteiger partial charge in [-0.1, -0.05) is 18.2 Å². The third-order valence-electron chi connectivity index (χ3n) is 2.63. The SMILES string of the molecule is CCOCCn1cc(C=O)c2ccccc21. The number of nitrogens with zero attached hydrogens (tertiary/aromatic N) is 1. The summed E-state index contributed by atoms with van der Waals surface area (Å²) in [5, 5.41) is 1.01. The lowest BCUT2D eigenvalue weighted by Crippen LogP contribution is -2.04. The zero-order valence-electron chi connectivity index (χ0n) is 9.35. The van der Waals surface area contributed by atoms with Crippen LogP contribution in [-0.4, -0.2) is 24.1 Å². The van der Waals surface area contributed by atoms with E-state index in [-0.39, 0.29) is 0 Å². The maximum atomic E-state index is 10.9. The Balaban J connectivity index is 2.33. The van der Waals surface area contributed by atoms with E-state index in [0.29, 0.717) is 6.61 Å². The van der Waals surface area contributed by atoms with E-state index in [0.717, 1.165) is 35.9 Å². The first-order valence-electron chi connectivity index (χ1n) is 5.47. The van der Waals surface area contributed by atoms with Crippen LogP contribution < -0.4 is 0 Å². The number of rotatable bonds is 5. The Bertz CT molecular complexity index is 488. The molecular formula is C13H15NO2. The molecule has 3 nitrogen and oxygen atoms in total. The van der Waals surface area contributed by atoms with Gasteiger partial charge in [-0.2, -0.15) is 0 Å². The molecular weight excluding hydrogens is 202 g/mol. The van der Waals surface area contributed by atoms with Crippen LogP contribution in [0.15, 0.2) is 30.5 Å². The number of benzene rings is 1. The number of carbonyl (C=O) groups is 1. The van der Waals surface area contributed by atoms with Crippen molar-refractivity contribution in [2.24, 2.45) is 0 Å². The molecule has 2 rings (SSSR count). The molecule has 0 fully saturated rings. The lowest BCUT2D eigenvalue weighted by Gasteiger charge is -2.04. The van der Waals surface area contributed by atoms with Crippen LogP contribution in [0.4, 0.5) is 0 Å². The van der Waals surface area contributed by atoms with Crippen molar-refractivity contribution >= 4 is 17.2 Å². The van der Waals surface area contributed by atoms with E-state index >= 15 is 0 Å². The van der Waals surface area contributed by atoms with Gasteiger partial charge in [-0.05, 0) is 13.0 Å². The average Bonchev–Trinajstić information content (AvgIpc) is 2.68. The summed E-state index contributed by atoms with van der Waals surface area (Å²) in [4.78, 5) is 10.9. The summed E-state index contributed by atoms with van der Waals surface area (Å²) in [6.07, 6.45) is 2.79. The highest BCUT2D eigenvalue weighted by Gasteiger charge is 2.06. The molecule has 0 aliphatic rings. The Labute approximate surface area is 94.6 Å². The molecule has 84 valence electrons. The van der Waals surface area contributed by atoms with Crippen molar-refractivity contribution in [3.63, 3.8) is 0 Å². The molecule has 0 aliphatic carbocycles. The van der Waals surface area contributed by atoms with Gasteiger partial charge in [-0.15, -0.1) is 0 Å². The van der Waals surface area contributed by atoms with Crippen LogP contribution in [-0.2, 0) is 11.3 Å². The second kappa shape index (κ2) is 4.94. The lowest BCUT2D eigenvalue weighted by atomic mass is 10.2. The van der Waals surface area contributed by atoms with Gasteiger partial charge in [-0.3, -0.25) is 4.79 Å². The zero-order chi connectivity index (χ0) is 11.4. The summed E-state index contributed by atoms with van der Waals surface area (Å²) >= 11 is 0. The Kier molecular flexibility index (Phi) is 3.37. The van der Waals surface area contributed by atoms with Crippen LogP contribution in [0.3, 0.4) is 0 Å². The van der Waals surface area contributed by atoms with Crippen molar-refractivity contribution in [1.29, 1.82) is 0 Å². The first kappa shape index (κ1) is 10.9. The molecule has 1 aromatic carbocycles. The monoisotopic (exact) mass is 217 g/mol. The van der Waals surface area contributed by atoms with Crippen LogP contribution in [0.1, 0.15) is 17.3 Å². The number of aromatic nitrogens is 1. The van der Waals surface area contributed by atoms with E-state index < -0.39 is 0 Å². The standard InChI is InChI=1S/C13H15NO2/c1-2-16-8-7-14-9-11(10-15)12-5-3-4-6-13(12)14/h3-6,9-10H,2,7-8H2,1H3. The molecule has 0 amide bonds. The van der Waals surface area contributed by atoms with Crippen molar-refractivity contribution in [3.05, 3.63) is 36.0 Å². The van der Waals surface area contributed by atoms with Gasteiger partial charge in [0.15, 0.2) is 6.29 Å². The summed E-state index contributed by atoms with van der Waals surface area (Å²) in [5.41, 5.74) is 1.83. The molecule has 16 heavy (non-hydrogen) atoms.